The molecule has 28 heavy (non-hydrogen) atoms. The summed E-state index contributed by atoms with van der Waals surface area (Å²) in [5.41, 5.74) is 2.06. The Bertz CT molecular complexity index is 604. The van der Waals surface area contributed by atoms with E-state index in [4.69, 9.17) is 0 Å². The first-order valence-corrected chi connectivity index (χ1v) is 10.6. The fourth-order valence-corrected chi connectivity index (χ4v) is 2.93. The van der Waals surface area contributed by atoms with Crippen LogP contribution in [-0.4, -0.2) is 19.6 Å². The molecule has 1 N–H and O–H groups in total. The monoisotopic (exact) mass is 383 g/mol. The molecule has 0 spiro atoms. The fraction of sp³-hybridized carbons (Fsp3) is 0.480. The second-order valence-electron chi connectivity index (χ2n) is 7.01. The Morgan fingerprint density at radius 2 is 1.68 bits per heavy atom. The Kier molecular flexibility index (Phi) is 14.3. The summed E-state index contributed by atoms with van der Waals surface area (Å²) in [6, 6.07) is 8.03. The SMILES string of the molecule is C=CCCCCCCCCC=CCCCNc1cccc(C=CC(=O)OC)c1. The number of carbonyl (C=O) groups excluding carboxylic acids is 1. The van der Waals surface area contributed by atoms with E-state index in [1.165, 1.54) is 58.1 Å². The Morgan fingerprint density at radius 1 is 1.00 bits per heavy atom. The molecule has 1 aromatic carbocycles. The van der Waals surface area contributed by atoms with E-state index >= 15 is 0 Å². The Hall–Kier alpha value is -2.29. The summed E-state index contributed by atoms with van der Waals surface area (Å²) in [6.45, 7) is 4.70. The van der Waals surface area contributed by atoms with Crippen molar-refractivity contribution >= 4 is 17.7 Å². The summed E-state index contributed by atoms with van der Waals surface area (Å²) in [4.78, 5) is 11.2. The third-order valence-electron chi connectivity index (χ3n) is 4.57. The molecule has 3 heteroatoms. The first kappa shape index (κ1) is 23.7. The van der Waals surface area contributed by atoms with Crippen molar-refractivity contribution < 1.29 is 9.53 Å². The van der Waals surface area contributed by atoms with Crippen molar-refractivity contribution in [1.82, 2.24) is 0 Å². The van der Waals surface area contributed by atoms with Crippen LogP contribution in [0.2, 0.25) is 0 Å². The Labute approximate surface area is 171 Å². The largest absolute Gasteiger partial charge is 0.466 e. The van der Waals surface area contributed by atoms with Crippen molar-refractivity contribution in [3.05, 3.63) is 60.7 Å². The predicted octanol–water partition coefficient (Wildman–Crippen LogP) is 6.93. The van der Waals surface area contributed by atoms with Gasteiger partial charge in [0.25, 0.3) is 0 Å². The van der Waals surface area contributed by atoms with Crippen molar-refractivity contribution in [2.45, 2.75) is 64.2 Å². The topological polar surface area (TPSA) is 38.3 Å². The molecule has 0 atom stereocenters. The average molecular weight is 384 g/mol. The van der Waals surface area contributed by atoms with Crippen molar-refractivity contribution in [3.8, 4) is 0 Å². The number of methoxy groups -OCH3 is 1. The van der Waals surface area contributed by atoms with Crippen LogP contribution in [0.4, 0.5) is 5.69 Å². The van der Waals surface area contributed by atoms with Crippen LogP contribution < -0.4 is 5.32 Å². The third-order valence-corrected chi connectivity index (χ3v) is 4.57. The molecule has 0 saturated carbocycles. The molecule has 0 radical (unpaired) electrons. The minimum Gasteiger partial charge on any atom is -0.466 e. The molecule has 0 aromatic heterocycles. The van der Waals surface area contributed by atoms with E-state index in [1.807, 2.05) is 30.3 Å². The van der Waals surface area contributed by atoms with Gasteiger partial charge in [-0.3, -0.25) is 0 Å². The zero-order valence-electron chi connectivity index (χ0n) is 17.5. The number of unbranched alkanes of at least 4 members (excludes halogenated alkanes) is 8. The number of carbonyl (C=O) groups is 1. The van der Waals surface area contributed by atoms with Gasteiger partial charge >= 0.3 is 5.97 Å². The maximum atomic E-state index is 11.2. The van der Waals surface area contributed by atoms with E-state index in [2.05, 4.69) is 28.8 Å². The summed E-state index contributed by atoms with van der Waals surface area (Å²) in [5.74, 6) is -0.339. The first-order valence-electron chi connectivity index (χ1n) is 10.6. The summed E-state index contributed by atoms with van der Waals surface area (Å²) in [6.07, 6.45) is 22.5. The molecular formula is C25H37NO2. The lowest BCUT2D eigenvalue weighted by molar-refractivity contribution is -0.134. The van der Waals surface area contributed by atoms with Crippen LogP contribution in [-0.2, 0) is 9.53 Å². The quantitative estimate of drug-likeness (QED) is 0.146. The van der Waals surface area contributed by atoms with Crippen molar-refractivity contribution in [3.63, 3.8) is 0 Å². The number of hydrogen-bond donors (Lipinski definition) is 1. The number of rotatable bonds is 16. The van der Waals surface area contributed by atoms with Crippen LogP contribution in [0, 0.1) is 0 Å². The van der Waals surface area contributed by atoms with Crippen LogP contribution in [0.1, 0.15) is 69.8 Å². The van der Waals surface area contributed by atoms with Gasteiger partial charge in [0.2, 0.25) is 0 Å². The van der Waals surface area contributed by atoms with Gasteiger partial charge in [-0.15, -0.1) is 6.58 Å². The summed E-state index contributed by atoms with van der Waals surface area (Å²) in [5, 5.41) is 3.44. The highest BCUT2D eigenvalue weighted by Gasteiger charge is 1.95. The minimum atomic E-state index is -0.339. The first-order chi connectivity index (χ1) is 13.8. The van der Waals surface area contributed by atoms with Gasteiger partial charge in [-0.1, -0.05) is 56.0 Å². The van der Waals surface area contributed by atoms with Gasteiger partial charge in [0.15, 0.2) is 0 Å². The highest BCUT2D eigenvalue weighted by Crippen LogP contribution is 2.13. The molecular weight excluding hydrogens is 346 g/mol. The number of allylic oxidation sites excluding steroid dienone is 3. The molecule has 0 heterocycles. The summed E-state index contributed by atoms with van der Waals surface area (Å²) in [7, 11) is 1.38. The maximum absolute atomic E-state index is 11.2. The van der Waals surface area contributed by atoms with Crippen molar-refractivity contribution in [2.24, 2.45) is 0 Å². The van der Waals surface area contributed by atoms with E-state index in [0.29, 0.717) is 0 Å². The zero-order valence-corrected chi connectivity index (χ0v) is 17.5. The maximum Gasteiger partial charge on any atom is 0.330 e. The summed E-state index contributed by atoms with van der Waals surface area (Å²) >= 11 is 0. The van der Waals surface area contributed by atoms with Gasteiger partial charge in [0.1, 0.15) is 0 Å². The Balaban J connectivity index is 2.05. The van der Waals surface area contributed by atoms with Gasteiger partial charge in [0.05, 0.1) is 7.11 Å². The van der Waals surface area contributed by atoms with Crippen LogP contribution in [0.5, 0.6) is 0 Å². The normalized spacial score (nSPS) is 11.2. The number of esters is 1. The van der Waals surface area contributed by atoms with Gasteiger partial charge in [0, 0.05) is 18.3 Å². The molecule has 0 aliphatic heterocycles. The van der Waals surface area contributed by atoms with Gasteiger partial charge in [-0.25, -0.2) is 4.79 Å². The van der Waals surface area contributed by atoms with Crippen LogP contribution in [0.15, 0.2) is 55.1 Å². The fourth-order valence-electron chi connectivity index (χ4n) is 2.93. The molecule has 0 aliphatic carbocycles. The number of ether oxygens (including phenoxy) is 1. The molecule has 0 bridgehead atoms. The van der Waals surface area contributed by atoms with Crippen LogP contribution in [0.25, 0.3) is 6.08 Å². The molecule has 0 fully saturated rings. The average Bonchev–Trinajstić information content (AvgIpc) is 2.72. The molecule has 154 valence electrons. The summed E-state index contributed by atoms with van der Waals surface area (Å²) < 4.78 is 4.61. The second-order valence-corrected chi connectivity index (χ2v) is 7.01. The molecule has 0 amide bonds. The lowest BCUT2D eigenvalue weighted by Crippen LogP contribution is -2.00. The molecule has 0 aliphatic rings. The smallest absolute Gasteiger partial charge is 0.330 e. The van der Waals surface area contributed by atoms with Crippen molar-refractivity contribution in [2.75, 3.05) is 19.0 Å². The third kappa shape index (κ3) is 13.0. The van der Waals surface area contributed by atoms with Crippen LogP contribution >= 0.6 is 0 Å². The van der Waals surface area contributed by atoms with E-state index in [1.54, 1.807) is 6.08 Å². The second kappa shape index (κ2) is 16.9. The number of anilines is 1. The minimum absolute atomic E-state index is 0.339. The van der Waals surface area contributed by atoms with Gasteiger partial charge in [-0.2, -0.15) is 0 Å². The van der Waals surface area contributed by atoms with E-state index in [9.17, 15) is 4.79 Å². The lowest BCUT2D eigenvalue weighted by Gasteiger charge is -2.06. The molecule has 0 saturated heterocycles. The molecule has 1 rings (SSSR count). The number of benzene rings is 1. The van der Waals surface area contributed by atoms with E-state index < -0.39 is 0 Å². The Morgan fingerprint density at radius 3 is 2.39 bits per heavy atom. The molecule has 1 aromatic rings. The molecule has 0 unspecified atom stereocenters. The predicted molar refractivity (Wildman–Crippen MR) is 121 cm³/mol. The highest BCUT2D eigenvalue weighted by atomic mass is 16.5. The standard InChI is InChI=1S/C25H37NO2/c1-3-4-5-6-7-8-9-10-11-12-13-14-15-21-26-24-18-16-17-23(22-24)19-20-25(27)28-2/h3,12-13,16-20,22,26H,1,4-11,14-15,21H2,2H3. The van der Waals surface area contributed by atoms with Gasteiger partial charge in [-0.05, 0) is 62.3 Å². The number of nitrogens with one attached hydrogen (secondary N) is 1. The van der Waals surface area contributed by atoms with E-state index in [-0.39, 0.29) is 5.97 Å². The highest BCUT2D eigenvalue weighted by molar-refractivity contribution is 5.87. The van der Waals surface area contributed by atoms with Crippen molar-refractivity contribution in [1.29, 1.82) is 0 Å². The van der Waals surface area contributed by atoms with E-state index in [0.717, 1.165) is 37.1 Å². The zero-order chi connectivity index (χ0) is 20.3. The molecule has 3 nitrogen and oxygen atoms in total. The number of hydrogen-bond acceptors (Lipinski definition) is 3. The van der Waals surface area contributed by atoms with Gasteiger partial charge < -0.3 is 10.1 Å². The van der Waals surface area contributed by atoms with Crippen LogP contribution in [0.3, 0.4) is 0 Å². The lowest BCUT2D eigenvalue weighted by atomic mass is 10.1.